The van der Waals surface area contributed by atoms with Gasteiger partial charge in [-0.25, -0.2) is 4.39 Å². The zero-order valence-corrected chi connectivity index (χ0v) is 15.0. The predicted octanol–water partition coefficient (Wildman–Crippen LogP) is 3.75. The van der Waals surface area contributed by atoms with Crippen molar-refractivity contribution in [2.45, 2.75) is 18.3 Å². The van der Waals surface area contributed by atoms with Gasteiger partial charge in [0, 0.05) is 16.1 Å². The summed E-state index contributed by atoms with van der Waals surface area (Å²) in [4.78, 5) is 25.4. The number of carbonyl (C=O) groups is 2. The van der Waals surface area contributed by atoms with Crippen LogP contribution < -0.4 is 5.32 Å². The van der Waals surface area contributed by atoms with Gasteiger partial charge in [0.05, 0.1) is 17.9 Å². The zero-order chi connectivity index (χ0) is 17.8. The fourth-order valence-corrected chi connectivity index (χ4v) is 4.42. The highest BCUT2D eigenvalue weighted by molar-refractivity contribution is 9.10. The van der Waals surface area contributed by atoms with E-state index >= 15 is 0 Å². The number of nitrogens with one attached hydrogen (secondary N) is 1. The number of hydrogen-bond donors (Lipinski definition) is 1. The highest BCUT2D eigenvalue weighted by Gasteiger charge is 2.77. The molecule has 0 unspecified atom stereocenters. The van der Waals surface area contributed by atoms with Gasteiger partial charge in [0.25, 0.3) is 0 Å². The van der Waals surface area contributed by atoms with Crippen LogP contribution in [-0.2, 0) is 19.7 Å². The third-order valence-corrected chi connectivity index (χ3v) is 5.53. The highest BCUT2D eigenvalue weighted by atomic mass is 79.9. The minimum absolute atomic E-state index is 0.211. The largest absolute Gasteiger partial charge is 0.466 e. The van der Waals surface area contributed by atoms with Gasteiger partial charge in [-0.3, -0.25) is 9.59 Å². The molecule has 1 aliphatic heterocycles. The Morgan fingerprint density at radius 1 is 1.32 bits per heavy atom. The number of rotatable bonds is 3. The monoisotopic (exact) mass is 403 g/mol. The molecular weight excluding hydrogens is 389 g/mol. The van der Waals surface area contributed by atoms with Crippen LogP contribution in [0, 0.1) is 11.7 Å². The van der Waals surface area contributed by atoms with Crippen molar-refractivity contribution >= 4 is 33.5 Å². The summed E-state index contributed by atoms with van der Waals surface area (Å²) in [7, 11) is 0. The molecule has 0 bridgehead atoms. The normalized spacial score (nSPS) is 26.3. The molecule has 1 aliphatic carbocycles. The Labute approximate surface area is 152 Å². The number of fused-ring (bicyclic) bond motifs is 2. The van der Waals surface area contributed by atoms with Crippen LogP contribution in [-0.4, -0.2) is 18.5 Å². The molecule has 4 rings (SSSR count). The van der Waals surface area contributed by atoms with E-state index in [1.165, 1.54) is 6.07 Å². The van der Waals surface area contributed by atoms with Gasteiger partial charge in [-0.1, -0.05) is 34.1 Å². The first-order chi connectivity index (χ1) is 12.0. The number of amides is 1. The van der Waals surface area contributed by atoms with E-state index in [1.54, 1.807) is 25.1 Å². The first-order valence-electron chi connectivity index (χ1n) is 8.04. The van der Waals surface area contributed by atoms with Gasteiger partial charge in [0.2, 0.25) is 5.91 Å². The number of hydrogen-bond acceptors (Lipinski definition) is 3. The fraction of sp³-hybridized carbons (Fsp3) is 0.263. The molecule has 1 N–H and O–H groups in total. The first-order valence-corrected chi connectivity index (χ1v) is 8.83. The van der Waals surface area contributed by atoms with E-state index in [4.69, 9.17) is 4.74 Å². The van der Waals surface area contributed by atoms with Crippen molar-refractivity contribution < 1.29 is 18.7 Å². The summed E-state index contributed by atoms with van der Waals surface area (Å²) < 4.78 is 20.4. The number of para-hydroxylation sites is 1. The van der Waals surface area contributed by atoms with Gasteiger partial charge in [0.15, 0.2) is 0 Å². The summed E-state index contributed by atoms with van der Waals surface area (Å²) in [5.74, 6) is -2.51. The second-order valence-electron chi connectivity index (χ2n) is 6.24. The molecule has 1 amide bonds. The summed E-state index contributed by atoms with van der Waals surface area (Å²) in [6.45, 7) is 1.92. The standard InChI is InChI=1S/C19H15BrFNO3/c1-2-25-17(23)16-15(11-9-10(20)7-8-13(11)21)19(16)12-5-3-4-6-14(12)22-18(19)24/h3-9,15-16H,2H2,1H3,(H,22,24)/t15-,16+,19-/m0/s1. The number of halogens is 2. The van der Waals surface area contributed by atoms with Crippen LogP contribution in [0.4, 0.5) is 10.1 Å². The molecule has 2 aliphatic rings. The summed E-state index contributed by atoms with van der Waals surface area (Å²) >= 11 is 3.34. The van der Waals surface area contributed by atoms with Crippen molar-refractivity contribution in [3.05, 3.63) is 63.9 Å². The molecule has 2 aromatic rings. The van der Waals surface area contributed by atoms with Crippen LogP contribution in [0.15, 0.2) is 46.9 Å². The lowest BCUT2D eigenvalue weighted by molar-refractivity contribution is -0.146. The molecule has 2 aromatic carbocycles. The summed E-state index contributed by atoms with van der Waals surface area (Å²) in [5.41, 5.74) is 0.631. The van der Waals surface area contributed by atoms with Crippen LogP contribution in [0.2, 0.25) is 0 Å². The highest BCUT2D eigenvalue weighted by Crippen LogP contribution is 2.70. The van der Waals surface area contributed by atoms with Crippen molar-refractivity contribution in [3.8, 4) is 0 Å². The Morgan fingerprint density at radius 2 is 2.08 bits per heavy atom. The number of anilines is 1. The molecule has 128 valence electrons. The molecule has 1 fully saturated rings. The average Bonchev–Trinajstić information content (AvgIpc) is 3.20. The number of ether oxygens (including phenoxy) is 1. The van der Waals surface area contributed by atoms with E-state index in [-0.39, 0.29) is 12.5 Å². The van der Waals surface area contributed by atoms with Gasteiger partial charge in [0.1, 0.15) is 5.82 Å². The van der Waals surface area contributed by atoms with E-state index in [0.29, 0.717) is 15.7 Å². The summed E-state index contributed by atoms with van der Waals surface area (Å²) in [5, 5.41) is 2.83. The van der Waals surface area contributed by atoms with Crippen LogP contribution in [0.25, 0.3) is 0 Å². The second kappa shape index (κ2) is 5.66. The van der Waals surface area contributed by atoms with Gasteiger partial charge >= 0.3 is 5.97 Å². The minimum atomic E-state index is -1.11. The molecule has 3 atom stereocenters. The molecule has 6 heteroatoms. The zero-order valence-electron chi connectivity index (χ0n) is 13.4. The minimum Gasteiger partial charge on any atom is -0.466 e. The molecule has 25 heavy (non-hydrogen) atoms. The number of benzene rings is 2. The first kappa shape index (κ1) is 16.3. The Kier molecular flexibility index (Phi) is 3.68. The maximum Gasteiger partial charge on any atom is 0.311 e. The van der Waals surface area contributed by atoms with Crippen LogP contribution >= 0.6 is 15.9 Å². The maximum absolute atomic E-state index is 14.5. The lowest BCUT2D eigenvalue weighted by atomic mass is 9.91. The number of carbonyl (C=O) groups excluding carboxylic acids is 2. The van der Waals surface area contributed by atoms with E-state index in [0.717, 1.165) is 5.56 Å². The summed E-state index contributed by atoms with van der Waals surface area (Å²) in [6, 6.07) is 11.8. The van der Waals surface area contributed by atoms with Gasteiger partial charge < -0.3 is 10.1 Å². The lowest BCUT2D eigenvalue weighted by Gasteiger charge is -2.09. The van der Waals surface area contributed by atoms with Crippen LogP contribution in [0.5, 0.6) is 0 Å². The average molecular weight is 404 g/mol. The van der Waals surface area contributed by atoms with E-state index < -0.39 is 29.0 Å². The molecular formula is C19H15BrFNO3. The Balaban J connectivity index is 1.89. The summed E-state index contributed by atoms with van der Waals surface area (Å²) in [6.07, 6.45) is 0. The smallest absolute Gasteiger partial charge is 0.311 e. The molecule has 0 aromatic heterocycles. The topological polar surface area (TPSA) is 55.4 Å². The number of esters is 1. The maximum atomic E-state index is 14.5. The van der Waals surface area contributed by atoms with Crippen molar-refractivity contribution in [1.82, 2.24) is 0 Å². The Hall–Kier alpha value is -2.21. The lowest BCUT2D eigenvalue weighted by Crippen LogP contribution is -2.25. The third kappa shape index (κ3) is 2.16. The molecule has 1 saturated carbocycles. The Morgan fingerprint density at radius 3 is 2.84 bits per heavy atom. The fourth-order valence-electron chi connectivity index (χ4n) is 4.04. The van der Waals surface area contributed by atoms with Crippen molar-refractivity contribution in [3.63, 3.8) is 0 Å². The van der Waals surface area contributed by atoms with Gasteiger partial charge in [-0.15, -0.1) is 0 Å². The van der Waals surface area contributed by atoms with E-state index in [1.807, 2.05) is 18.2 Å². The molecule has 1 heterocycles. The SMILES string of the molecule is CCOC(=O)[C@H]1[C@H](c2cc(Br)ccc2F)[C@]12C(=O)Nc1ccccc12. The van der Waals surface area contributed by atoms with Gasteiger partial charge in [-0.05, 0) is 42.3 Å². The van der Waals surface area contributed by atoms with Crippen molar-refractivity contribution in [1.29, 1.82) is 0 Å². The van der Waals surface area contributed by atoms with Crippen molar-refractivity contribution in [2.24, 2.45) is 5.92 Å². The van der Waals surface area contributed by atoms with E-state index in [9.17, 15) is 14.0 Å². The van der Waals surface area contributed by atoms with Gasteiger partial charge in [-0.2, -0.15) is 0 Å². The second-order valence-corrected chi connectivity index (χ2v) is 7.16. The van der Waals surface area contributed by atoms with Crippen LogP contribution in [0.3, 0.4) is 0 Å². The molecule has 0 radical (unpaired) electrons. The van der Waals surface area contributed by atoms with E-state index in [2.05, 4.69) is 21.2 Å². The quantitative estimate of drug-likeness (QED) is 0.793. The predicted molar refractivity (Wildman–Crippen MR) is 93.7 cm³/mol. The molecule has 1 spiro atoms. The third-order valence-electron chi connectivity index (χ3n) is 5.04. The molecule has 4 nitrogen and oxygen atoms in total. The Bertz CT molecular complexity index is 900. The van der Waals surface area contributed by atoms with Crippen molar-refractivity contribution in [2.75, 3.05) is 11.9 Å². The molecule has 0 saturated heterocycles. The van der Waals surface area contributed by atoms with Crippen LogP contribution in [0.1, 0.15) is 24.0 Å².